The SMILES string of the molecule is CSC1(CNC(=O)c2cccc(N)n2)CCCCC1. The molecule has 1 fully saturated rings. The molecular formula is C14H21N3OS. The van der Waals surface area contributed by atoms with Crippen molar-refractivity contribution in [2.75, 3.05) is 18.5 Å². The molecule has 0 saturated heterocycles. The van der Waals surface area contributed by atoms with Gasteiger partial charge in [0.05, 0.1) is 0 Å². The third kappa shape index (κ3) is 3.62. The minimum atomic E-state index is -0.133. The highest BCUT2D eigenvalue weighted by atomic mass is 32.2. The first-order valence-corrected chi connectivity index (χ1v) is 7.94. The van der Waals surface area contributed by atoms with Crippen molar-refractivity contribution < 1.29 is 4.79 Å². The van der Waals surface area contributed by atoms with Crippen molar-refractivity contribution in [2.45, 2.75) is 36.9 Å². The number of pyridine rings is 1. The number of hydrogen-bond acceptors (Lipinski definition) is 4. The molecule has 0 atom stereocenters. The fraction of sp³-hybridized carbons (Fsp3) is 0.571. The standard InChI is InChI=1S/C14H21N3OS/c1-19-14(8-3-2-4-9-14)10-16-13(18)11-6-5-7-12(15)17-11/h5-7H,2-4,8-10H2,1H3,(H2,15,17)(H,16,18). The third-order valence-corrected chi connectivity index (χ3v) is 5.19. The van der Waals surface area contributed by atoms with E-state index in [1.807, 2.05) is 11.8 Å². The summed E-state index contributed by atoms with van der Waals surface area (Å²) < 4.78 is 0.203. The third-order valence-electron chi connectivity index (χ3n) is 3.77. The van der Waals surface area contributed by atoms with Crippen LogP contribution in [-0.2, 0) is 0 Å². The van der Waals surface area contributed by atoms with E-state index in [0.29, 0.717) is 18.1 Å². The molecule has 0 unspecified atom stereocenters. The van der Waals surface area contributed by atoms with Crippen molar-refractivity contribution in [3.05, 3.63) is 23.9 Å². The van der Waals surface area contributed by atoms with E-state index in [1.165, 1.54) is 32.1 Å². The smallest absolute Gasteiger partial charge is 0.270 e. The van der Waals surface area contributed by atoms with Crippen LogP contribution in [0.2, 0.25) is 0 Å². The van der Waals surface area contributed by atoms with Crippen molar-refractivity contribution in [2.24, 2.45) is 0 Å². The Kier molecular flexibility index (Phi) is 4.69. The van der Waals surface area contributed by atoms with E-state index in [1.54, 1.807) is 18.2 Å². The van der Waals surface area contributed by atoms with E-state index in [4.69, 9.17) is 5.73 Å². The zero-order chi connectivity index (χ0) is 13.7. The van der Waals surface area contributed by atoms with Gasteiger partial charge in [0.2, 0.25) is 0 Å². The summed E-state index contributed by atoms with van der Waals surface area (Å²) in [7, 11) is 0. The Balaban J connectivity index is 1.95. The van der Waals surface area contributed by atoms with Crippen LogP contribution in [0, 0.1) is 0 Å². The number of hydrogen-bond donors (Lipinski definition) is 2. The van der Waals surface area contributed by atoms with Crippen LogP contribution in [0.4, 0.5) is 5.82 Å². The van der Waals surface area contributed by atoms with Crippen LogP contribution in [0.3, 0.4) is 0 Å². The number of nitrogen functional groups attached to an aromatic ring is 1. The Hall–Kier alpha value is -1.23. The second-order valence-corrected chi connectivity index (χ2v) is 6.35. The minimum Gasteiger partial charge on any atom is -0.384 e. The van der Waals surface area contributed by atoms with Crippen molar-refractivity contribution in [3.8, 4) is 0 Å². The van der Waals surface area contributed by atoms with Gasteiger partial charge in [-0.15, -0.1) is 0 Å². The number of amides is 1. The summed E-state index contributed by atoms with van der Waals surface area (Å²) in [5, 5.41) is 3.01. The highest BCUT2D eigenvalue weighted by molar-refractivity contribution is 8.00. The molecule has 1 aromatic rings. The Labute approximate surface area is 118 Å². The number of anilines is 1. The summed E-state index contributed by atoms with van der Waals surface area (Å²) >= 11 is 1.87. The van der Waals surface area contributed by atoms with Crippen molar-refractivity contribution in [1.82, 2.24) is 10.3 Å². The molecule has 0 spiro atoms. The van der Waals surface area contributed by atoms with Crippen molar-refractivity contribution >= 4 is 23.5 Å². The van der Waals surface area contributed by atoms with E-state index in [9.17, 15) is 4.79 Å². The van der Waals surface area contributed by atoms with Crippen LogP contribution >= 0.6 is 11.8 Å². The van der Waals surface area contributed by atoms with Crippen LogP contribution in [0.25, 0.3) is 0 Å². The predicted octanol–water partition coefficient (Wildman–Crippen LogP) is 2.46. The van der Waals surface area contributed by atoms with E-state index in [2.05, 4.69) is 16.6 Å². The summed E-state index contributed by atoms with van der Waals surface area (Å²) in [5.74, 6) is 0.246. The molecule has 1 aromatic heterocycles. The maximum absolute atomic E-state index is 12.1. The first-order valence-electron chi connectivity index (χ1n) is 6.71. The first-order chi connectivity index (χ1) is 9.15. The monoisotopic (exact) mass is 279 g/mol. The van der Waals surface area contributed by atoms with Crippen LogP contribution in [-0.4, -0.2) is 28.4 Å². The summed E-state index contributed by atoms with van der Waals surface area (Å²) in [6.07, 6.45) is 8.32. The van der Waals surface area contributed by atoms with Crippen LogP contribution in [0.5, 0.6) is 0 Å². The summed E-state index contributed by atoms with van der Waals surface area (Å²) in [5.41, 5.74) is 5.99. The second-order valence-electron chi connectivity index (χ2n) is 5.08. The van der Waals surface area contributed by atoms with Gasteiger partial charge in [-0.2, -0.15) is 11.8 Å². The lowest BCUT2D eigenvalue weighted by Crippen LogP contribution is -2.42. The van der Waals surface area contributed by atoms with Crippen LogP contribution in [0.1, 0.15) is 42.6 Å². The summed E-state index contributed by atoms with van der Waals surface area (Å²) in [6.45, 7) is 0.712. The molecule has 1 heterocycles. The number of nitrogens with zero attached hydrogens (tertiary/aromatic N) is 1. The molecule has 104 valence electrons. The minimum absolute atomic E-state index is 0.133. The molecule has 0 radical (unpaired) electrons. The average molecular weight is 279 g/mol. The lowest BCUT2D eigenvalue weighted by atomic mass is 9.88. The van der Waals surface area contributed by atoms with Gasteiger partial charge in [0, 0.05) is 11.3 Å². The zero-order valence-corrected chi connectivity index (χ0v) is 12.1. The lowest BCUT2D eigenvalue weighted by Gasteiger charge is -2.35. The molecule has 1 saturated carbocycles. The molecule has 2 rings (SSSR count). The molecule has 19 heavy (non-hydrogen) atoms. The highest BCUT2D eigenvalue weighted by Crippen LogP contribution is 2.37. The molecule has 3 N–H and O–H groups in total. The van der Waals surface area contributed by atoms with Crippen molar-refractivity contribution in [1.29, 1.82) is 0 Å². The molecule has 0 aliphatic heterocycles. The molecule has 1 aliphatic carbocycles. The molecule has 0 bridgehead atoms. The van der Waals surface area contributed by atoms with Gasteiger partial charge >= 0.3 is 0 Å². The molecule has 5 heteroatoms. The largest absolute Gasteiger partial charge is 0.384 e. The van der Waals surface area contributed by atoms with Gasteiger partial charge in [-0.25, -0.2) is 4.98 Å². The highest BCUT2D eigenvalue weighted by Gasteiger charge is 2.31. The fourth-order valence-corrected chi connectivity index (χ4v) is 3.47. The predicted molar refractivity (Wildman–Crippen MR) is 80.3 cm³/mol. The normalized spacial score (nSPS) is 17.9. The number of rotatable bonds is 4. The van der Waals surface area contributed by atoms with E-state index >= 15 is 0 Å². The maximum Gasteiger partial charge on any atom is 0.270 e. The number of carbonyl (C=O) groups excluding carboxylic acids is 1. The number of nitrogens with one attached hydrogen (secondary N) is 1. The number of aromatic nitrogens is 1. The van der Waals surface area contributed by atoms with Gasteiger partial charge in [0.15, 0.2) is 0 Å². The number of carbonyl (C=O) groups is 1. The van der Waals surface area contributed by atoms with Gasteiger partial charge in [-0.1, -0.05) is 25.3 Å². The Morgan fingerprint density at radius 2 is 2.16 bits per heavy atom. The van der Waals surface area contributed by atoms with Gasteiger partial charge in [0.25, 0.3) is 5.91 Å². The van der Waals surface area contributed by atoms with E-state index in [-0.39, 0.29) is 10.7 Å². The first kappa shape index (κ1) is 14.2. The second kappa shape index (κ2) is 6.28. The van der Waals surface area contributed by atoms with Crippen molar-refractivity contribution in [3.63, 3.8) is 0 Å². The number of nitrogens with two attached hydrogens (primary N) is 1. The van der Waals surface area contributed by atoms with Crippen LogP contribution < -0.4 is 11.1 Å². The Morgan fingerprint density at radius 1 is 1.42 bits per heavy atom. The summed E-state index contributed by atoms with van der Waals surface area (Å²) in [4.78, 5) is 16.1. The van der Waals surface area contributed by atoms with Gasteiger partial charge in [-0.05, 0) is 31.2 Å². The molecule has 4 nitrogen and oxygen atoms in total. The zero-order valence-electron chi connectivity index (χ0n) is 11.3. The van der Waals surface area contributed by atoms with E-state index in [0.717, 1.165) is 0 Å². The summed E-state index contributed by atoms with van der Waals surface area (Å²) in [6, 6.07) is 5.13. The average Bonchev–Trinajstić information content (AvgIpc) is 2.46. The fourth-order valence-electron chi connectivity index (χ4n) is 2.56. The Bertz CT molecular complexity index is 444. The van der Waals surface area contributed by atoms with Gasteiger partial charge in [-0.3, -0.25) is 4.79 Å². The number of thioether (sulfide) groups is 1. The molecule has 1 amide bonds. The lowest BCUT2D eigenvalue weighted by molar-refractivity contribution is 0.0942. The Morgan fingerprint density at radius 3 is 2.79 bits per heavy atom. The topological polar surface area (TPSA) is 68.0 Å². The molecular weight excluding hydrogens is 258 g/mol. The quantitative estimate of drug-likeness (QED) is 0.888. The van der Waals surface area contributed by atoms with Gasteiger partial charge < -0.3 is 11.1 Å². The van der Waals surface area contributed by atoms with E-state index < -0.39 is 0 Å². The van der Waals surface area contributed by atoms with Crippen LogP contribution in [0.15, 0.2) is 18.2 Å². The molecule has 0 aromatic carbocycles. The molecule has 1 aliphatic rings. The van der Waals surface area contributed by atoms with Gasteiger partial charge in [0.1, 0.15) is 11.5 Å². The maximum atomic E-state index is 12.1.